The fourth-order valence-corrected chi connectivity index (χ4v) is 6.77. The summed E-state index contributed by atoms with van der Waals surface area (Å²) in [6, 6.07) is 68.3. The molecule has 49 heavy (non-hydrogen) atoms. The maximum Gasteiger partial charge on any atom is 0.0468 e. The van der Waals surface area contributed by atoms with Gasteiger partial charge in [0.2, 0.25) is 0 Å². The van der Waals surface area contributed by atoms with Gasteiger partial charge in [-0.1, -0.05) is 163 Å². The summed E-state index contributed by atoms with van der Waals surface area (Å²) in [5.74, 6) is 0. The summed E-state index contributed by atoms with van der Waals surface area (Å²) < 4.78 is 0. The Morgan fingerprint density at radius 1 is 0.306 bits per heavy atom. The molecule has 0 bridgehead atoms. The fraction of sp³-hybridized carbons (Fsp3) is 0.0417. The zero-order valence-corrected chi connectivity index (χ0v) is 27.8. The van der Waals surface area contributed by atoms with E-state index < -0.39 is 0 Å². The first kappa shape index (κ1) is 30.2. The Bertz CT molecular complexity index is 2260. The first-order valence-corrected chi connectivity index (χ1v) is 16.9. The average Bonchev–Trinajstić information content (AvgIpc) is 3.16. The molecular weight excluding hydrogens is 591 g/mol. The van der Waals surface area contributed by atoms with Crippen LogP contribution in [0.25, 0.3) is 55.3 Å². The molecule has 8 aromatic rings. The molecule has 0 atom stereocenters. The van der Waals surface area contributed by atoms with Crippen LogP contribution in [0.5, 0.6) is 0 Å². The number of anilines is 3. The van der Waals surface area contributed by atoms with Gasteiger partial charge in [0.15, 0.2) is 0 Å². The number of hydrogen-bond donors (Lipinski definition) is 0. The molecule has 1 heteroatoms. The molecular formula is C48H37N. The summed E-state index contributed by atoms with van der Waals surface area (Å²) in [4.78, 5) is 2.37. The van der Waals surface area contributed by atoms with Crippen LogP contribution in [-0.2, 0) is 0 Å². The molecule has 234 valence electrons. The second-order valence-electron chi connectivity index (χ2n) is 12.8. The highest BCUT2D eigenvalue weighted by Crippen LogP contribution is 2.43. The summed E-state index contributed by atoms with van der Waals surface area (Å²) >= 11 is 0. The van der Waals surface area contributed by atoms with Gasteiger partial charge in [-0.15, -0.1) is 0 Å². The SMILES string of the molecule is Cc1ccc(-c2ccc(N(c3ccc(-c4ccc(C)cc4)cc3)c3ccc(-c4cccc5ccccc45)c(-c4ccccc4)c3)cc2)cc1. The van der Waals surface area contributed by atoms with Crippen LogP contribution in [-0.4, -0.2) is 0 Å². The molecule has 0 amide bonds. The first-order chi connectivity index (χ1) is 24.1. The molecule has 8 aromatic carbocycles. The maximum atomic E-state index is 2.37. The Morgan fingerprint density at radius 2 is 0.776 bits per heavy atom. The lowest BCUT2D eigenvalue weighted by Gasteiger charge is -2.27. The summed E-state index contributed by atoms with van der Waals surface area (Å²) in [6.07, 6.45) is 0. The number of rotatable bonds is 7. The Balaban J connectivity index is 1.28. The van der Waals surface area contributed by atoms with Gasteiger partial charge in [-0.3, -0.25) is 0 Å². The standard InChI is InChI=1S/C48H37N/c1-34-15-19-36(20-16-34)38-23-27-42(28-24-38)49(43-29-25-39(26-30-43)37-21-17-35(2)18-22-37)44-31-32-47(48(33-44)41-9-4-3-5-10-41)46-14-8-12-40-11-6-7-13-45(40)46/h3-33H,1-2H3. The smallest absolute Gasteiger partial charge is 0.0468 e. The molecule has 0 aromatic heterocycles. The van der Waals surface area contributed by atoms with E-state index in [-0.39, 0.29) is 0 Å². The van der Waals surface area contributed by atoms with Crippen LogP contribution in [0.2, 0.25) is 0 Å². The van der Waals surface area contributed by atoms with E-state index >= 15 is 0 Å². The fourth-order valence-electron chi connectivity index (χ4n) is 6.77. The molecule has 0 aliphatic heterocycles. The van der Waals surface area contributed by atoms with E-state index in [0.29, 0.717) is 0 Å². The summed E-state index contributed by atoms with van der Waals surface area (Å²) in [5.41, 5.74) is 15.5. The zero-order chi connectivity index (χ0) is 33.2. The van der Waals surface area contributed by atoms with Crippen molar-refractivity contribution in [1.82, 2.24) is 0 Å². The summed E-state index contributed by atoms with van der Waals surface area (Å²) in [6.45, 7) is 4.26. The quantitative estimate of drug-likeness (QED) is 0.170. The monoisotopic (exact) mass is 627 g/mol. The largest absolute Gasteiger partial charge is 0.310 e. The molecule has 0 saturated heterocycles. The predicted octanol–water partition coefficient (Wildman–Crippen LogP) is 13.6. The summed E-state index contributed by atoms with van der Waals surface area (Å²) in [7, 11) is 0. The Labute approximate surface area is 289 Å². The van der Waals surface area contributed by atoms with Gasteiger partial charge < -0.3 is 4.90 Å². The maximum absolute atomic E-state index is 2.37. The Hall–Kier alpha value is -6.18. The van der Waals surface area contributed by atoms with Crippen LogP contribution in [0.1, 0.15) is 11.1 Å². The third-order valence-electron chi connectivity index (χ3n) is 9.45. The third-order valence-corrected chi connectivity index (χ3v) is 9.45. The number of hydrogen-bond acceptors (Lipinski definition) is 1. The number of nitrogens with zero attached hydrogens (tertiary/aromatic N) is 1. The van der Waals surface area contributed by atoms with Crippen molar-refractivity contribution < 1.29 is 0 Å². The zero-order valence-electron chi connectivity index (χ0n) is 27.8. The lowest BCUT2D eigenvalue weighted by molar-refractivity contribution is 1.28. The normalized spacial score (nSPS) is 11.1. The Morgan fingerprint density at radius 3 is 1.35 bits per heavy atom. The van der Waals surface area contributed by atoms with Gasteiger partial charge in [-0.05, 0) is 106 Å². The van der Waals surface area contributed by atoms with Crippen LogP contribution >= 0.6 is 0 Å². The van der Waals surface area contributed by atoms with E-state index in [4.69, 9.17) is 0 Å². The van der Waals surface area contributed by atoms with Gasteiger partial charge >= 0.3 is 0 Å². The van der Waals surface area contributed by atoms with Gasteiger partial charge in [0.1, 0.15) is 0 Å². The molecule has 0 spiro atoms. The molecule has 0 heterocycles. The van der Waals surface area contributed by atoms with Crippen LogP contribution in [0, 0.1) is 13.8 Å². The van der Waals surface area contributed by atoms with Crippen LogP contribution in [0.4, 0.5) is 17.1 Å². The minimum Gasteiger partial charge on any atom is -0.310 e. The Kier molecular flexibility index (Phi) is 8.09. The molecule has 0 saturated carbocycles. The van der Waals surface area contributed by atoms with E-state index in [2.05, 4.69) is 207 Å². The van der Waals surface area contributed by atoms with E-state index in [1.807, 2.05) is 0 Å². The van der Waals surface area contributed by atoms with Gasteiger partial charge in [-0.25, -0.2) is 0 Å². The van der Waals surface area contributed by atoms with Crippen molar-refractivity contribution in [3.8, 4) is 44.5 Å². The molecule has 0 unspecified atom stereocenters. The van der Waals surface area contributed by atoms with Gasteiger partial charge in [0, 0.05) is 17.1 Å². The van der Waals surface area contributed by atoms with Crippen molar-refractivity contribution >= 4 is 27.8 Å². The van der Waals surface area contributed by atoms with Crippen molar-refractivity contribution in [3.05, 3.63) is 199 Å². The van der Waals surface area contributed by atoms with Crippen molar-refractivity contribution in [2.45, 2.75) is 13.8 Å². The number of fused-ring (bicyclic) bond motifs is 1. The van der Waals surface area contributed by atoms with Gasteiger partial charge in [-0.2, -0.15) is 0 Å². The van der Waals surface area contributed by atoms with E-state index in [1.54, 1.807) is 0 Å². The van der Waals surface area contributed by atoms with E-state index in [0.717, 1.165) is 17.1 Å². The minimum absolute atomic E-state index is 1.11. The van der Waals surface area contributed by atoms with E-state index in [9.17, 15) is 0 Å². The highest BCUT2D eigenvalue weighted by Gasteiger charge is 2.18. The topological polar surface area (TPSA) is 3.24 Å². The van der Waals surface area contributed by atoms with Crippen LogP contribution in [0.3, 0.4) is 0 Å². The van der Waals surface area contributed by atoms with Crippen molar-refractivity contribution in [2.75, 3.05) is 4.90 Å². The molecule has 8 rings (SSSR count). The number of benzene rings is 8. The lowest BCUT2D eigenvalue weighted by atomic mass is 9.90. The average molecular weight is 628 g/mol. The first-order valence-electron chi connectivity index (χ1n) is 16.9. The molecule has 0 radical (unpaired) electrons. The highest BCUT2D eigenvalue weighted by atomic mass is 15.1. The van der Waals surface area contributed by atoms with Crippen LogP contribution < -0.4 is 4.90 Å². The molecule has 1 nitrogen and oxygen atoms in total. The predicted molar refractivity (Wildman–Crippen MR) is 210 cm³/mol. The summed E-state index contributed by atoms with van der Waals surface area (Å²) in [5, 5.41) is 2.50. The lowest BCUT2D eigenvalue weighted by Crippen LogP contribution is -2.10. The van der Waals surface area contributed by atoms with E-state index in [1.165, 1.54) is 66.4 Å². The second-order valence-corrected chi connectivity index (χ2v) is 12.8. The number of aryl methyl sites for hydroxylation is 2. The second kappa shape index (κ2) is 13.1. The van der Waals surface area contributed by atoms with Crippen molar-refractivity contribution in [1.29, 1.82) is 0 Å². The molecule has 0 aliphatic carbocycles. The molecule has 0 fully saturated rings. The van der Waals surface area contributed by atoms with Gasteiger partial charge in [0.25, 0.3) is 0 Å². The highest BCUT2D eigenvalue weighted by molar-refractivity contribution is 6.01. The molecule has 0 N–H and O–H groups in total. The molecule has 0 aliphatic rings. The third kappa shape index (κ3) is 6.15. The van der Waals surface area contributed by atoms with Gasteiger partial charge in [0.05, 0.1) is 0 Å². The minimum atomic E-state index is 1.11. The van der Waals surface area contributed by atoms with Crippen molar-refractivity contribution in [3.63, 3.8) is 0 Å². The van der Waals surface area contributed by atoms with Crippen molar-refractivity contribution in [2.24, 2.45) is 0 Å². The van der Waals surface area contributed by atoms with Crippen LogP contribution in [0.15, 0.2) is 188 Å².